The third-order valence-electron chi connectivity index (χ3n) is 5.79. The lowest BCUT2D eigenvalue weighted by molar-refractivity contribution is -0.114. The summed E-state index contributed by atoms with van der Waals surface area (Å²) in [6.45, 7) is 3.43. The molecule has 2 N–H and O–H groups in total. The van der Waals surface area contributed by atoms with Gasteiger partial charge in [-0.25, -0.2) is 15.0 Å². The Bertz CT molecular complexity index is 1430. The van der Waals surface area contributed by atoms with Crippen molar-refractivity contribution in [3.63, 3.8) is 0 Å². The number of aryl methyl sites for hydroxylation is 1. The molecule has 2 amide bonds. The van der Waals surface area contributed by atoms with E-state index >= 15 is 0 Å². The van der Waals surface area contributed by atoms with Crippen molar-refractivity contribution >= 4 is 23.3 Å². The second-order valence-electron chi connectivity index (χ2n) is 8.60. The predicted octanol–water partition coefficient (Wildman–Crippen LogP) is 5.00. The van der Waals surface area contributed by atoms with Gasteiger partial charge in [-0.1, -0.05) is 6.07 Å². The van der Waals surface area contributed by atoms with Crippen molar-refractivity contribution in [1.82, 2.24) is 19.9 Å². The first-order chi connectivity index (χ1) is 17.0. The molecule has 1 aliphatic carbocycles. The molecule has 5 rings (SSSR count). The Balaban J connectivity index is 1.41. The number of hydrogen-bond acceptors (Lipinski definition) is 6. The number of carbonyl (C=O) groups excluding carboxylic acids is 2. The number of rotatable bonds is 6. The van der Waals surface area contributed by atoms with Crippen molar-refractivity contribution in [3.8, 4) is 22.6 Å². The molecular weight excluding hydrogens is 440 g/mol. The summed E-state index contributed by atoms with van der Waals surface area (Å²) < 4.78 is 0. The lowest BCUT2D eigenvalue weighted by Crippen LogP contribution is -2.12. The van der Waals surface area contributed by atoms with Crippen LogP contribution in [-0.2, 0) is 4.79 Å². The fourth-order valence-electron chi connectivity index (χ4n) is 3.84. The second-order valence-corrected chi connectivity index (χ2v) is 8.60. The highest BCUT2D eigenvalue weighted by atomic mass is 16.2. The van der Waals surface area contributed by atoms with Gasteiger partial charge in [-0.2, -0.15) is 0 Å². The van der Waals surface area contributed by atoms with E-state index in [4.69, 9.17) is 4.98 Å². The SMILES string of the molecule is CC(=O)Nc1cc(-c2nccc(-c3cc(NC(=O)c4ccnc(C5CC5)c4)ccc3C)n2)ccn1. The Morgan fingerprint density at radius 3 is 2.49 bits per heavy atom. The highest BCUT2D eigenvalue weighted by Gasteiger charge is 2.25. The summed E-state index contributed by atoms with van der Waals surface area (Å²) in [6, 6.07) is 14.7. The molecule has 4 aromatic rings. The maximum Gasteiger partial charge on any atom is 0.255 e. The van der Waals surface area contributed by atoms with Crippen LogP contribution in [-0.4, -0.2) is 31.8 Å². The lowest BCUT2D eigenvalue weighted by Gasteiger charge is -2.11. The van der Waals surface area contributed by atoms with Gasteiger partial charge < -0.3 is 10.6 Å². The van der Waals surface area contributed by atoms with Crippen LogP contribution in [0.25, 0.3) is 22.6 Å². The van der Waals surface area contributed by atoms with Crippen LogP contribution in [0.5, 0.6) is 0 Å². The monoisotopic (exact) mass is 464 g/mol. The van der Waals surface area contributed by atoms with E-state index in [1.165, 1.54) is 6.92 Å². The Labute approximate surface area is 202 Å². The summed E-state index contributed by atoms with van der Waals surface area (Å²) in [7, 11) is 0. The number of nitrogens with one attached hydrogen (secondary N) is 2. The van der Waals surface area contributed by atoms with Gasteiger partial charge in [-0.3, -0.25) is 14.6 Å². The molecular formula is C27H24N6O2. The molecule has 1 saturated carbocycles. The number of pyridine rings is 2. The minimum atomic E-state index is -0.200. The van der Waals surface area contributed by atoms with Crippen molar-refractivity contribution in [2.45, 2.75) is 32.6 Å². The average molecular weight is 465 g/mol. The summed E-state index contributed by atoms with van der Waals surface area (Å²) in [5.74, 6) is 1.06. The molecule has 0 radical (unpaired) electrons. The largest absolute Gasteiger partial charge is 0.322 e. The van der Waals surface area contributed by atoms with E-state index in [1.54, 1.807) is 36.8 Å². The highest BCUT2D eigenvalue weighted by molar-refractivity contribution is 6.04. The molecule has 1 aromatic carbocycles. The van der Waals surface area contributed by atoms with Crippen molar-refractivity contribution in [2.75, 3.05) is 10.6 Å². The van der Waals surface area contributed by atoms with Gasteiger partial charge in [0.05, 0.1) is 5.69 Å². The third-order valence-corrected chi connectivity index (χ3v) is 5.79. The second kappa shape index (κ2) is 9.42. The summed E-state index contributed by atoms with van der Waals surface area (Å²) in [4.78, 5) is 41.9. The first-order valence-corrected chi connectivity index (χ1v) is 11.4. The van der Waals surface area contributed by atoms with Crippen LogP contribution in [0, 0.1) is 6.92 Å². The summed E-state index contributed by atoms with van der Waals surface area (Å²) in [6.07, 6.45) is 7.26. The van der Waals surface area contributed by atoms with Crippen LogP contribution >= 0.6 is 0 Å². The molecule has 0 saturated heterocycles. The lowest BCUT2D eigenvalue weighted by atomic mass is 10.0. The molecule has 0 unspecified atom stereocenters. The normalized spacial score (nSPS) is 12.7. The topological polar surface area (TPSA) is 110 Å². The Morgan fingerprint density at radius 2 is 1.69 bits per heavy atom. The number of aromatic nitrogens is 4. The van der Waals surface area contributed by atoms with Crippen molar-refractivity contribution in [1.29, 1.82) is 0 Å². The van der Waals surface area contributed by atoms with E-state index in [2.05, 4.69) is 25.6 Å². The molecule has 3 aromatic heterocycles. The molecule has 0 atom stereocenters. The zero-order chi connectivity index (χ0) is 24.4. The maximum atomic E-state index is 12.9. The number of anilines is 2. The van der Waals surface area contributed by atoms with Gasteiger partial charge in [0.1, 0.15) is 5.82 Å². The molecule has 8 nitrogen and oxygen atoms in total. The van der Waals surface area contributed by atoms with Gasteiger partial charge in [0.15, 0.2) is 5.82 Å². The molecule has 8 heteroatoms. The number of hydrogen-bond donors (Lipinski definition) is 2. The van der Waals surface area contributed by atoms with Crippen LogP contribution in [0.2, 0.25) is 0 Å². The van der Waals surface area contributed by atoms with Gasteiger partial charge in [-0.05, 0) is 67.8 Å². The number of nitrogens with zero attached hydrogens (tertiary/aromatic N) is 4. The van der Waals surface area contributed by atoms with Crippen LogP contribution < -0.4 is 10.6 Å². The molecule has 0 spiro atoms. The smallest absolute Gasteiger partial charge is 0.255 e. The van der Waals surface area contributed by atoms with Gasteiger partial charge in [0, 0.05) is 59.5 Å². The Morgan fingerprint density at radius 1 is 0.886 bits per heavy atom. The number of carbonyl (C=O) groups is 2. The molecule has 35 heavy (non-hydrogen) atoms. The Hall–Kier alpha value is -4.46. The van der Waals surface area contributed by atoms with Crippen molar-refractivity contribution < 1.29 is 9.59 Å². The number of benzene rings is 1. The van der Waals surface area contributed by atoms with Gasteiger partial charge in [0.25, 0.3) is 5.91 Å². The van der Waals surface area contributed by atoms with E-state index in [9.17, 15) is 9.59 Å². The minimum absolute atomic E-state index is 0.172. The molecule has 174 valence electrons. The van der Waals surface area contributed by atoms with Crippen LogP contribution in [0.4, 0.5) is 11.5 Å². The average Bonchev–Trinajstić information content (AvgIpc) is 3.71. The zero-order valence-corrected chi connectivity index (χ0v) is 19.4. The highest BCUT2D eigenvalue weighted by Crippen LogP contribution is 2.39. The quantitative estimate of drug-likeness (QED) is 0.416. The van der Waals surface area contributed by atoms with E-state index in [1.807, 2.05) is 37.3 Å². The Kier molecular flexibility index (Phi) is 6.01. The predicted molar refractivity (Wildman–Crippen MR) is 134 cm³/mol. The molecule has 3 heterocycles. The summed E-state index contributed by atoms with van der Waals surface area (Å²) >= 11 is 0. The molecule has 0 bridgehead atoms. The first kappa shape index (κ1) is 22.3. The van der Waals surface area contributed by atoms with E-state index in [0.717, 1.165) is 40.9 Å². The standard InChI is InChI=1S/C27H24N6O2/c1-16-3-6-21(32-27(35)20-8-10-28-24(13-20)18-4-5-18)15-22(16)23-9-12-30-26(33-23)19-7-11-29-25(14-19)31-17(2)34/h3,6-15,18H,4-5H2,1-2H3,(H,32,35)(H,29,31,34). The van der Waals surface area contributed by atoms with E-state index < -0.39 is 0 Å². The fourth-order valence-corrected chi connectivity index (χ4v) is 3.84. The van der Waals surface area contributed by atoms with Gasteiger partial charge >= 0.3 is 0 Å². The van der Waals surface area contributed by atoms with Crippen molar-refractivity contribution in [3.05, 3.63) is 83.9 Å². The molecule has 1 aliphatic rings. The minimum Gasteiger partial charge on any atom is -0.322 e. The van der Waals surface area contributed by atoms with Gasteiger partial charge in [-0.15, -0.1) is 0 Å². The first-order valence-electron chi connectivity index (χ1n) is 11.4. The zero-order valence-electron chi connectivity index (χ0n) is 19.4. The number of amides is 2. The van der Waals surface area contributed by atoms with E-state index in [0.29, 0.717) is 28.8 Å². The molecule has 1 fully saturated rings. The third kappa shape index (κ3) is 5.22. The van der Waals surface area contributed by atoms with Crippen molar-refractivity contribution in [2.24, 2.45) is 0 Å². The maximum absolute atomic E-state index is 12.9. The molecule has 0 aliphatic heterocycles. The summed E-state index contributed by atoms with van der Waals surface area (Å²) in [5, 5.41) is 5.67. The summed E-state index contributed by atoms with van der Waals surface area (Å²) in [5.41, 5.74) is 5.61. The van der Waals surface area contributed by atoms with E-state index in [-0.39, 0.29) is 11.8 Å². The van der Waals surface area contributed by atoms with Crippen LogP contribution in [0.1, 0.15) is 47.3 Å². The fraction of sp³-hybridized carbons (Fsp3) is 0.185. The van der Waals surface area contributed by atoms with Crippen LogP contribution in [0.15, 0.2) is 67.1 Å². The van der Waals surface area contributed by atoms with Gasteiger partial charge in [0.2, 0.25) is 5.91 Å². The van der Waals surface area contributed by atoms with Crippen LogP contribution in [0.3, 0.4) is 0 Å².